The van der Waals surface area contributed by atoms with E-state index in [4.69, 9.17) is 14.2 Å². The molecule has 9 heteroatoms. The third-order valence-electron chi connectivity index (χ3n) is 5.42. The van der Waals surface area contributed by atoms with Gasteiger partial charge in [-0.05, 0) is 67.2 Å². The minimum absolute atomic E-state index is 0.157. The van der Waals surface area contributed by atoms with E-state index < -0.39 is 0 Å². The van der Waals surface area contributed by atoms with E-state index in [1.54, 1.807) is 42.4 Å². The van der Waals surface area contributed by atoms with E-state index in [1.165, 1.54) is 18.9 Å². The topological polar surface area (TPSA) is 89.5 Å². The monoisotopic (exact) mass is 517 g/mol. The van der Waals surface area contributed by atoms with Gasteiger partial charge >= 0.3 is 0 Å². The van der Waals surface area contributed by atoms with Crippen molar-refractivity contribution in [1.82, 2.24) is 4.90 Å². The van der Waals surface area contributed by atoms with Crippen molar-refractivity contribution < 1.29 is 23.8 Å². The molecule has 2 amide bonds. The fourth-order valence-corrected chi connectivity index (χ4v) is 4.65. The molecule has 4 rings (SSSR count). The van der Waals surface area contributed by atoms with Crippen molar-refractivity contribution in [3.05, 3.63) is 83.3 Å². The van der Waals surface area contributed by atoms with Crippen molar-refractivity contribution in [3.8, 4) is 17.2 Å². The van der Waals surface area contributed by atoms with Crippen LogP contribution in [0.2, 0.25) is 0 Å². The first-order valence-corrected chi connectivity index (χ1v) is 12.4. The second-order valence-corrected chi connectivity index (χ2v) is 8.84. The molecule has 1 fully saturated rings. The number of rotatable bonds is 9. The van der Waals surface area contributed by atoms with Gasteiger partial charge in [0.2, 0.25) is 0 Å². The summed E-state index contributed by atoms with van der Waals surface area (Å²) in [6, 6.07) is 21.8. The highest BCUT2D eigenvalue weighted by Gasteiger charge is 2.32. The predicted octanol–water partition coefficient (Wildman–Crippen LogP) is 5.35. The lowest BCUT2D eigenvalue weighted by Crippen LogP contribution is -2.28. The van der Waals surface area contributed by atoms with Gasteiger partial charge < -0.3 is 19.5 Å². The normalized spacial score (nSPS) is 15.2. The summed E-state index contributed by atoms with van der Waals surface area (Å²) in [4.78, 5) is 32.4. The van der Waals surface area contributed by atoms with Crippen molar-refractivity contribution in [2.75, 3.05) is 32.7 Å². The van der Waals surface area contributed by atoms with Crippen LogP contribution in [-0.2, 0) is 9.59 Å². The molecule has 0 aromatic heterocycles. The van der Waals surface area contributed by atoms with Crippen LogP contribution in [0.25, 0.3) is 6.08 Å². The molecule has 0 saturated carbocycles. The number of hydrogen-bond donors (Lipinski definition) is 1. The van der Waals surface area contributed by atoms with E-state index in [0.717, 1.165) is 5.75 Å². The van der Waals surface area contributed by atoms with Crippen LogP contribution in [0.15, 0.2) is 82.7 Å². The van der Waals surface area contributed by atoms with Gasteiger partial charge in [0.15, 0.2) is 23.3 Å². The zero-order valence-corrected chi connectivity index (χ0v) is 21.6. The number of nitrogens with zero attached hydrogens (tertiary/aromatic N) is 2. The lowest BCUT2D eigenvalue weighted by molar-refractivity contribution is -0.122. The maximum atomic E-state index is 13.2. The van der Waals surface area contributed by atoms with Crippen molar-refractivity contribution in [2.24, 2.45) is 4.99 Å². The molecule has 0 aliphatic carbocycles. The molecule has 0 radical (unpaired) electrons. The first kappa shape index (κ1) is 25.8. The summed E-state index contributed by atoms with van der Waals surface area (Å²) in [6.07, 6.45) is 1.74. The number of methoxy groups -OCH3 is 2. The van der Waals surface area contributed by atoms with E-state index in [2.05, 4.69) is 10.3 Å². The molecule has 3 aromatic carbocycles. The Hall–Kier alpha value is -4.24. The highest BCUT2D eigenvalue weighted by atomic mass is 32.2. The number of anilines is 1. The summed E-state index contributed by atoms with van der Waals surface area (Å²) in [6.45, 7) is 2.15. The highest BCUT2D eigenvalue weighted by Crippen LogP contribution is 2.38. The minimum atomic E-state index is -0.312. The van der Waals surface area contributed by atoms with Crippen molar-refractivity contribution in [2.45, 2.75) is 6.92 Å². The van der Waals surface area contributed by atoms with Gasteiger partial charge in [-0.15, -0.1) is 0 Å². The largest absolute Gasteiger partial charge is 0.497 e. The lowest BCUT2D eigenvalue weighted by Gasteiger charge is -2.14. The fraction of sp³-hybridized carbons (Fsp3) is 0.179. The zero-order chi connectivity index (χ0) is 26.2. The number of para-hydroxylation sites is 2. The van der Waals surface area contributed by atoms with Crippen molar-refractivity contribution in [3.63, 3.8) is 0 Å². The number of amidine groups is 1. The van der Waals surface area contributed by atoms with Crippen LogP contribution in [0.5, 0.6) is 17.2 Å². The average molecular weight is 518 g/mol. The number of thioether (sulfide) groups is 1. The van der Waals surface area contributed by atoms with Gasteiger partial charge in [-0.1, -0.05) is 30.3 Å². The Bertz CT molecular complexity index is 1320. The number of nitrogens with one attached hydrogen (secondary N) is 1. The van der Waals surface area contributed by atoms with Crippen LogP contribution >= 0.6 is 11.8 Å². The van der Waals surface area contributed by atoms with Crippen LogP contribution in [0.1, 0.15) is 12.5 Å². The average Bonchev–Trinajstić information content (AvgIpc) is 3.21. The number of benzene rings is 3. The van der Waals surface area contributed by atoms with Crippen LogP contribution in [-0.4, -0.2) is 49.3 Å². The molecule has 1 aliphatic rings. The van der Waals surface area contributed by atoms with Crippen LogP contribution in [0.4, 0.5) is 11.4 Å². The predicted molar refractivity (Wildman–Crippen MR) is 147 cm³/mol. The number of carbonyl (C=O) groups excluding carboxylic acids is 2. The smallest absolute Gasteiger partial charge is 0.266 e. The molecule has 0 bridgehead atoms. The summed E-state index contributed by atoms with van der Waals surface area (Å²) >= 11 is 1.28. The number of ether oxygens (including phenoxy) is 3. The van der Waals surface area contributed by atoms with Gasteiger partial charge in [0.05, 0.1) is 24.8 Å². The Balaban J connectivity index is 1.57. The summed E-state index contributed by atoms with van der Waals surface area (Å²) < 4.78 is 16.5. The number of carbonyl (C=O) groups is 2. The molecule has 1 aliphatic heterocycles. The van der Waals surface area contributed by atoms with Gasteiger partial charge in [-0.2, -0.15) is 0 Å². The van der Waals surface area contributed by atoms with Crippen LogP contribution < -0.4 is 19.5 Å². The first-order chi connectivity index (χ1) is 18.0. The molecular weight excluding hydrogens is 490 g/mol. The summed E-state index contributed by atoms with van der Waals surface area (Å²) in [7, 11) is 3.13. The van der Waals surface area contributed by atoms with Crippen LogP contribution in [0, 0.1) is 0 Å². The Kier molecular flexibility index (Phi) is 8.48. The van der Waals surface area contributed by atoms with Gasteiger partial charge in [0.1, 0.15) is 5.75 Å². The molecule has 8 nitrogen and oxygen atoms in total. The van der Waals surface area contributed by atoms with Crippen molar-refractivity contribution >= 4 is 46.2 Å². The van der Waals surface area contributed by atoms with E-state index in [0.29, 0.717) is 45.1 Å². The standard InChI is InChI=1S/C28H27N3O5S/c1-4-31-27(33)24(37-28(31)30-21-13-15-22(34-2)16-14-21)17-19-9-8-12-23(35-3)26(19)36-18-25(32)29-20-10-6-5-7-11-20/h5-17H,4,18H2,1-3H3,(H,29,32)/b24-17+,30-28?. The molecular formula is C28H27N3O5S. The molecule has 1 saturated heterocycles. The van der Waals surface area contributed by atoms with E-state index in [-0.39, 0.29) is 18.4 Å². The van der Waals surface area contributed by atoms with Gasteiger partial charge in [0, 0.05) is 17.8 Å². The second kappa shape index (κ2) is 12.1. The SMILES string of the molecule is CCN1C(=O)/C(=C\c2cccc(OC)c2OCC(=O)Nc2ccccc2)SC1=Nc1ccc(OC)cc1. The maximum absolute atomic E-state index is 13.2. The number of aliphatic imine (C=N–C) groups is 1. The zero-order valence-electron chi connectivity index (χ0n) is 20.8. The third-order valence-corrected chi connectivity index (χ3v) is 6.43. The van der Waals surface area contributed by atoms with Crippen LogP contribution in [0.3, 0.4) is 0 Å². The molecule has 3 aromatic rings. The fourth-order valence-electron chi connectivity index (χ4n) is 3.60. The van der Waals surface area contributed by atoms with Gasteiger partial charge in [0.25, 0.3) is 11.8 Å². The highest BCUT2D eigenvalue weighted by molar-refractivity contribution is 8.18. The Morgan fingerprint density at radius 2 is 1.76 bits per heavy atom. The van der Waals surface area contributed by atoms with E-state index >= 15 is 0 Å². The lowest BCUT2D eigenvalue weighted by atomic mass is 10.1. The van der Waals surface area contributed by atoms with Gasteiger partial charge in [-0.3, -0.25) is 14.5 Å². The summed E-state index contributed by atoms with van der Waals surface area (Å²) in [5.74, 6) is 1.09. The maximum Gasteiger partial charge on any atom is 0.266 e. The Labute approximate surface area is 219 Å². The summed E-state index contributed by atoms with van der Waals surface area (Å²) in [5.41, 5.74) is 2.00. The molecule has 0 atom stereocenters. The number of likely N-dealkylation sites (N-methyl/N-ethyl adjacent to an activating group) is 1. The molecule has 1 N–H and O–H groups in total. The number of hydrogen-bond acceptors (Lipinski definition) is 7. The Morgan fingerprint density at radius 3 is 2.43 bits per heavy atom. The summed E-state index contributed by atoms with van der Waals surface area (Å²) in [5, 5.41) is 3.37. The Morgan fingerprint density at radius 1 is 1.00 bits per heavy atom. The van der Waals surface area contributed by atoms with Crippen molar-refractivity contribution in [1.29, 1.82) is 0 Å². The van der Waals surface area contributed by atoms with E-state index in [9.17, 15) is 9.59 Å². The molecule has 190 valence electrons. The third kappa shape index (κ3) is 6.31. The van der Waals surface area contributed by atoms with Gasteiger partial charge in [-0.25, -0.2) is 4.99 Å². The minimum Gasteiger partial charge on any atom is -0.497 e. The molecule has 0 spiro atoms. The first-order valence-electron chi connectivity index (χ1n) is 11.6. The molecule has 0 unspecified atom stereocenters. The number of amides is 2. The quantitative estimate of drug-likeness (QED) is 0.385. The van der Waals surface area contributed by atoms with E-state index in [1.807, 2.05) is 55.5 Å². The molecule has 1 heterocycles. The molecule has 37 heavy (non-hydrogen) atoms. The second-order valence-electron chi connectivity index (χ2n) is 7.83.